The molecule has 0 unspecified atom stereocenters. The number of carbonyl (C=O) groups excluding carboxylic acids is 1. The van der Waals surface area contributed by atoms with Crippen LogP contribution in [0.2, 0.25) is 0 Å². The van der Waals surface area contributed by atoms with E-state index in [1.807, 2.05) is 56.3 Å². The average molecular weight is 318 g/mol. The number of nitrogens with one attached hydrogen (secondary N) is 2. The molecule has 0 saturated carbocycles. The van der Waals surface area contributed by atoms with Crippen molar-refractivity contribution in [2.75, 3.05) is 10.6 Å². The van der Waals surface area contributed by atoms with E-state index in [-0.39, 0.29) is 11.6 Å². The largest absolute Gasteiger partial charge is 0.339 e. The first-order valence-corrected chi connectivity index (χ1v) is 7.66. The summed E-state index contributed by atoms with van der Waals surface area (Å²) in [6.45, 7) is 4.06. The second kappa shape index (κ2) is 6.91. The third-order valence-electron chi connectivity index (χ3n) is 3.58. The Bertz CT molecular complexity index is 845. The Labute approximate surface area is 140 Å². The molecule has 5 nitrogen and oxygen atoms in total. The van der Waals surface area contributed by atoms with Gasteiger partial charge in [-0.1, -0.05) is 30.3 Å². The van der Waals surface area contributed by atoms with Crippen LogP contribution in [0.5, 0.6) is 0 Å². The molecule has 0 fully saturated rings. The van der Waals surface area contributed by atoms with Gasteiger partial charge in [0.05, 0.1) is 0 Å². The van der Waals surface area contributed by atoms with Crippen molar-refractivity contribution in [1.29, 1.82) is 0 Å². The Kier molecular flexibility index (Phi) is 4.52. The van der Waals surface area contributed by atoms with E-state index in [1.165, 1.54) is 0 Å². The van der Waals surface area contributed by atoms with E-state index in [4.69, 9.17) is 0 Å². The second-order valence-corrected chi connectivity index (χ2v) is 5.57. The number of nitrogens with zero attached hydrogens (tertiary/aromatic N) is 2. The lowest BCUT2D eigenvalue weighted by molar-refractivity contribution is 0.102. The number of benzene rings is 2. The molecule has 0 bridgehead atoms. The number of rotatable bonds is 4. The van der Waals surface area contributed by atoms with Gasteiger partial charge in [0.25, 0.3) is 5.91 Å². The van der Waals surface area contributed by atoms with Crippen LogP contribution in [0.1, 0.15) is 21.6 Å². The standard InChI is InChI=1S/C19H18N4O/c1-13-8-9-14(2)17(12-13)21-18-11-10-16(22-23-18)19(24)20-15-6-4-3-5-7-15/h3-12H,1-2H3,(H,20,24)(H,21,23). The fourth-order valence-corrected chi connectivity index (χ4v) is 2.25. The van der Waals surface area contributed by atoms with Crippen LogP contribution in [0, 0.1) is 13.8 Å². The number of para-hydroxylation sites is 1. The molecule has 3 aromatic rings. The monoisotopic (exact) mass is 318 g/mol. The van der Waals surface area contributed by atoms with Crippen LogP contribution in [0.25, 0.3) is 0 Å². The fraction of sp³-hybridized carbons (Fsp3) is 0.105. The molecule has 2 aromatic carbocycles. The van der Waals surface area contributed by atoms with E-state index in [0.29, 0.717) is 5.82 Å². The highest BCUT2D eigenvalue weighted by Gasteiger charge is 2.09. The van der Waals surface area contributed by atoms with Gasteiger partial charge in [0.1, 0.15) is 0 Å². The van der Waals surface area contributed by atoms with E-state index in [1.54, 1.807) is 12.1 Å². The first-order chi connectivity index (χ1) is 11.6. The van der Waals surface area contributed by atoms with Crippen molar-refractivity contribution in [1.82, 2.24) is 10.2 Å². The Hall–Kier alpha value is -3.21. The molecular weight excluding hydrogens is 300 g/mol. The summed E-state index contributed by atoms with van der Waals surface area (Å²) in [4.78, 5) is 12.1. The highest BCUT2D eigenvalue weighted by atomic mass is 16.1. The third-order valence-corrected chi connectivity index (χ3v) is 3.58. The van der Waals surface area contributed by atoms with Crippen molar-refractivity contribution in [3.05, 3.63) is 77.5 Å². The topological polar surface area (TPSA) is 66.9 Å². The van der Waals surface area contributed by atoms with Crippen molar-refractivity contribution in [2.24, 2.45) is 0 Å². The predicted molar refractivity (Wildman–Crippen MR) is 95.6 cm³/mol. The van der Waals surface area contributed by atoms with Gasteiger partial charge >= 0.3 is 0 Å². The summed E-state index contributed by atoms with van der Waals surface area (Å²) in [6, 6.07) is 18.8. The van der Waals surface area contributed by atoms with Gasteiger partial charge in [-0.25, -0.2) is 0 Å². The summed E-state index contributed by atoms with van der Waals surface area (Å²) in [5.41, 5.74) is 4.25. The SMILES string of the molecule is Cc1ccc(C)c(Nc2ccc(C(=O)Nc3ccccc3)nn2)c1. The third kappa shape index (κ3) is 3.76. The molecule has 1 heterocycles. The maximum Gasteiger partial charge on any atom is 0.276 e. The average Bonchev–Trinajstić information content (AvgIpc) is 2.60. The molecule has 0 aliphatic heterocycles. The molecule has 24 heavy (non-hydrogen) atoms. The van der Waals surface area contributed by atoms with Gasteiger partial charge < -0.3 is 10.6 Å². The van der Waals surface area contributed by atoms with E-state index in [0.717, 1.165) is 22.5 Å². The van der Waals surface area contributed by atoms with Crippen LogP contribution in [0.15, 0.2) is 60.7 Å². The molecule has 1 aromatic heterocycles. The zero-order chi connectivity index (χ0) is 16.9. The van der Waals surface area contributed by atoms with Crippen LogP contribution >= 0.6 is 0 Å². The lowest BCUT2D eigenvalue weighted by Gasteiger charge is -2.09. The minimum Gasteiger partial charge on any atom is -0.339 e. The molecule has 1 amide bonds. The number of aromatic nitrogens is 2. The van der Waals surface area contributed by atoms with Gasteiger partial charge in [-0.2, -0.15) is 0 Å². The van der Waals surface area contributed by atoms with Crippen molar-refractivity contribution in [3.63, 3.8) is 0 Å². The van der Waals surface area contributed by atoms with Gasteiger partial charge in [-0.05, 0) is 55.3 Å². The first-order valence-electron chi connectivity index (χ1n) is 7.66. The highest BCUT2D eigenvalue weighted by molar-refractivity contribution is 6.02. The minimum absolute atomic E-state index is 0.269. The molecule has 2 N–H and O–H groups in total. The van der Waals surface area contributed by atoms with Gasteiger partial charge in [0, 0.05) is 11.4 Å². The Morgan fingerprint density at radius 2 is 1.71 bits per heavy atom. The minimum atomic E-state index is -0.285. The number of aryl methyl sites for hydroxylation is 2. The van der Waals surface area contributed by atoms with E-state index in [2.05, 4.69) is 26.9 Å². The predicted octanol–water partition coefficient (Wildman–Crippen LogP) is 4.09. The Balaban J connectivity index is 1.71. The molecule has 3 rings (SSSR count). The van der Waals surface area contributed by atoms with Crippen molar-refractivity contribution >= 4 is 23.1 Å². The highest BCUT2D eigenvalue weighted by Crippen LogP contribution is 2.20. The summed E-state index contributed by atoms with van der Waals surface area (Å²) in [5.74, 6) is 0.312. The quantitative estimate of drug-likeness (QED) is 0.760. The van der Waals surface area contributed by atoms with Crippen molar-refractivity contribution in [3.8, 4) is 0 Å². The molecule has 0 atom stereocenters. The number of hydrogen-bond donors (Lipinski definition) is 2. The van der Waals surface area contributed by atoms with Crippen LogP contribution in [-0.2, 0) is 0 Å². The smallest absolute Gasteiger partial charge is 0.276 e. The summed E-state index contributed by atoms with van der Waals surface area (Å²) in [6.07, 6.45) is 0. The maximum atomic E-state index is 12.1. The van der Waals surface area contributed by atoms with Crippen LogP contribution < -0.4 is 10.6 Å². The van der Waals surface area contributed by atoms with E-state index >= 15 is 0 Å². The van der Waals surface area contributed by atoms with E-state index in [9.17, 15) is 4.79 Å². The lowest BCUT2D eigenvalue weighted by atomic mass is 10.1. The van der Waals surface area contributed by atoms with Crippen molar-refractivity contribution in [2.45, 2.75) is 13.8 Å². The molecule has 0 aliphatic carbocycles. The molecule has 120 valence electrons. The molecule has 0 spiro atoms. The first kappa shape index (κ1) is 15.7. The zero-order valence-electron chi connectivity index (χ0n) is 13.6. The van der Waals surface area contributed by atoms with Gasteiger partial charge in [0.2, 0.25) is 0 Å². The zero-order valence-corrected chi connectivity index (χ0v) is 13.6. The van der Waals surface area contributed by atoms with Crippen LogP contribution in [0.3, 0.4) is 0 Å². The lowest BCUT2D eigenvalue weighted by Crippen LogP contribution is -2.14. The molecule has 0 radical (unpaired) electrons. The normalized spacial score (nSPS) is 10.2. The number of amides is 1. The van der Waals surface area contributed by atoms with Gasteiger partial charge in [-0.15, -0.1) is 10.2 Å². The number of anilines is 3. The maximum absolute atomic E-state index is 12.1. The number of carbonyl (C=O) groups is 1. The van der Waals surface area contributed by atoms with E-state index < -0.39 is 0 Å². The summed E-state index contributed by atoms with van der Waals surface area (Å²) in [5, 5.41) is 14.1. The summed E-state index contributed by atoms with van der Waals surface area (Å²) < 4.78 is 0. The summed E-state index contributed by atoms with van der Waals surface area (Å²) in [7, 11) is 0. The molecular formula is C19H18N4O. The second-order valence-electron chi connectivity index (χ2n) is 5.57. The number of hydrogen-bond acceptors (Lipinski definition) is 4. The van der Waals surface area contributed by atoms with Crippen LogP contribution in [0.4, 0.5) is 17.2 Å². The van der Waals surface area contributed by atoms with Crippen molar-refractivity contribution < 1.29 is 4.79 Å². The fourth-order valence-electron chi connectivity index (χ4n) is 2.25. The Morgan fingerprint density at radius 1 is 0.917 bits per heavy atom. The van der Waals surface area contributed by atoms with Crippen LogP contribution in [-0.4, -0.2) is 16.1 Å². The van der Waals surface area contributed by atoms with Gasteiger partial charge in [0.15, 0.2) is 11.5 Å². The summed E-state index contributed by atoms with van der Waals surface area (Å²) >= 11 is 0. The van der Waals surface area contributed by atoms with Gasteiger partial charge in [-0.3, -0.25) is 4.79 Å². The molecule has 0 aliphatic rings. The Morgan fingerprint density at radius 3 is 2.42 bits per heavy atom. The molecule has 5 heteroatoms. The molecule has 0 saturated heterocycles.